The van der Waals surface area contributed by atoms with Crippen LogP contribution in [0, 0.1) is 0 Å². The molecular weight excluding hydrogens is 276 g/mol. The van der Waals surface area contributed by atoms with Crippen LogP contribution in [0.5, 0.6) is 0 Å². The molecule has 1 rings (SSSR count). The molecule has 0 heterocycles. The number of rotatable bonds is 5. The molecule has 100 valence electrons. The van der Waals surface area contributed by atoms with Crippen LogP contribution in [0.3, 0.4) is 0 Å². The molecule has 0 aromatic heterocycles. The van der Waals surface area contributed by atoms with Crippen molar-refractivity contribution in [2.45, 2.75) is 6.42 Å². The molecule has 0 aliphatic heterocycles. The third-order valence-electron chi connectivity index (χ3n) is 2.24. The number of anilines is 1. The van der Waals surface area contributed by atoms with Crippen molar-refractivity contribution in [2.24, 2.45) is 0 Å². The summed E-state index contributed by atoms with van der Waals surface area (Å²) in [5.41, 5.74) is 6.28. The number of carbonyl (C=O) groups is 1. The van der Waals surface area contributed by atoms with Crippen LogP contribution in [0.25, 0.3) is 0 Å². The van der Waals surface area contributed by atoms with E-state index < -0.39 is 9.84 Å². The average molecular weight is 291 g/mol. The number of nitrogen functional groups attached to an aromatic ring is 1. The molecule has 0 bridgehead atoms. The highest BCUT2D eigenvalue weighted by atomic mass is 35.5. The zero-order chi connectivity index (χ0) is 13.8. The lowest BCUT2D eigenvalue weighted by Gasteiger charge is -2.07. The SMILES string of the molecule is CS(=O)(=O)CCCNC(=O)c1cc(Cl)ccc1N. The minimum Gasteiger partial charge on any atom is -0.398 e. The largest absolute Gasteiger partial charge is 0.398 e. The number of carbonyl (C=O) groups excluding carboxylic acids is 1. The van der Waals surface area contributed by atoms with Gasteiger partial charge in [0.25, 0.3) is 5.91 Å². The van der Waals surface area contributed by atoms with Crippen molar-refractivity contribution in [1.82, 2.24) is 5.32 Å². The van der Waals surface area contributed by atoms with Crippen LogP contribution in [-0.2, 0) is 9.84 Å². The van der Waals surface area contributed by atoms with Gasteiger partial charge >= 0.3 is 0 Å². The summed E-state index contributed by atoms with van der Waals surface area (Å²) in [4.78, 5) is 11.7. The van der Waals surface area contributed by atoms with Crippen LogP contribution >= 0.6 is 11.6 Å². The third-order valence-corrected chi connectivity index (χ3v) is 3.50. The van der Waals surface area contributed by atoms with Crippen LogP contribution in [0.15, 0.2) is 18.2 Å². The average Bonchev–Trinajstić information content (AvgIpc) is 2.26. The Morgan fingerprint density at radius 1 is 1.44 bits per heavy atom. The highest BCUT2D eigenvalue weighted by Gasteiger charge is 2.10. The lowest BCUT2D eigenvalue weighted by molar-refractivity contribution is 0.0954. The van der Waals surface area contributed by atoms with Gasteiger partial charge in [-0.3, -0.25) is 4.79 Å². The van der Waals surface area contributed by atoms with Gasteiger partial charge in [-0.2, -0.15) is 0 Å². The maximum atomic E-state index is 11.7. The lowest BCUT2D eigenvalue weighted by Crippen LogP contribution is -2.26. The second kappa shape index (κ2) is 6.06. The van der Waals surface area contributed by atoms with E-state index in [4.69, 9.17) is 17.3 Å². The molecule has 1 amide bonds. The molecule has 0 radical (unpaired) electrons. The second-order valence-electron chi connectivity index (χ2n) is 3.97. The van der Waals surface area contributed by atoms with Gasteiger partial charge in [-0.25, -0.2) is 8.42 Å². The molecule has 0 saturated heterocycles. The standard InChI is InChI=1S/C11H15ClN2O3S/c1-18(16,17)6-2-5-14-11(15)9-7-8(12)3-4-10(9)13/h3-4,7H,2,5-6,13H2,1H3,(H,14,15). The molecule has 0 aliphatic rings. The zero-order valence-electron chi connectivity index (χ0n) is 9.94. The van der Waals surface area contributed by atoms with Crippen molar-refractivity contribution in [3.8, 4) is 0 Å². The first-order valence-corrected chi connectivity index (χ1v) is 7.74. The smallest absolute Gasteiger partial charge is 0.253 e. The first-order chi connectivity index (χ1) is 8.29. The molecule has 3 N–H and O–H groups in total. The molecule has 0 atom stereocenters. The van der Waals surface area contributed by atoms with Crippen LogP contribution in [0.1, 0.15) is 16.8 Å². The van der Waals surface area contributed by atoms with E-state index >= 15 is 0 Å². The van der Waals surface area contributed by atoms with Gasteiger partial charge in [0.1, 0.15) is 9.84 Å². The van der Waals surface area contributed by atoms with Crippen molar-refractivity contribution < 1.29 is 13.2 Å². The van der Waals surface area contributed by atoms with Crippen molar-refractivity contribution in [2.75, 3.05) is 24.3 Å². The normalized spacial score (nSPS) is 11.2. The molecule has 0 spiro atoms. The minimum atomic E-state index is -3.00. The monoisotopic (exact) mass is 290 g/mol. The van der Waals surface area contributed by atoms with Gasteiger partial charge in [-0.1, -0.05) is 11.6 Å². The number of hydrogen-bond donors (Lipinski definition) is 2. The van der Waals surface area contributed by atoms with Gasteiger partial charge in [0.15, 0.2) is 0 Å². The van der Waals surface area contributed by atoms with E-state index in [1.807, 2.05) is 0 Å². The Morgan fingerprint density at radius 3 is 2.72 bits per heavy atom. The summed E-state index contributed by atoms with van der Waals surface area (Å²) in [6.45, 7) is 0.276. The van der Waals surface area contributed by atoms with Gasteiger partial charge < -0.3 is 11.1 Å². The van der Waals surface area contributed by atoms with Crippen molar-refractivity contribution in [1.29, 1.82) is 0 Å². The fourth-order valence-corrected chi connectivity index (χ4v) is 2.20. The number of benzene rings is 1. The van der Waals surface area contributed by atoms with E-state index in [0.717, 1.165) is 6.26 Å². The van der Waals surface area contributed by atoms with E-state index in [0.29, 0.717) is 22.7 Å². The Bertz CT molecular complexity index is 543. The molecule has 1 aromatic carbocycles. The summed E-state index contributed by atoms with van der Waals surface area (Å²) in [6, 6.07) is 4.62. The fourth-order valence-electron chi connectivity index (χ4n) is 1.36. The minimum absolute atomic E-state index is 0.0400. The number of amides is 1. The maximum Gasteiger partial charge on any atom is 0.253 e. The quantitative estimate of drug-likeness (QED) is 0.627. The van der Waals surface area contributed by atoms with Gasteiger partial charge in [0, 0.05) is 23.5 Å². The fraction of sp³-hybridized carbons (Fsp3) is 0.364. The summed E-state index contributed by atoms with van der Waals surface area (Å²) in [7, 11) is -3.00. The highest BCUT2D eigenvalue weighted by Crippen LogP contribution is 2.17. The van der Waals surface area contributed by atoms with E-state index in [2.05, 4.69) is 5.32 Å². The summed E-state index contributed by atoms with van der Waals surface area (Å²) in [5, 5.41) is 3.02. The van der Waals surface area contributed by atoms with E-state index in [9.17, 15) is 13.2 Å². The van der Waals surface area contributed by atoms with E-state index in [1.54, 1.807) is 12.1 Å². The molecule has 0 aliphatic carbocycles. The molecule has 7 heteroatoms. The van der Waals surface area contributed by atoms with Gasteiger partial charge in [0.2, 0.25) is 0 Å². The highest BCUT2D eigenvalue weighted by molar-refractivity contribution is 7.90. The Morgan fingerprint density at radius 2 is 2.11 bits per heavy atom. The van der Waals surface area contributed by atoms with Gasteiger partial charge in [-0.15, -0.1) is 0 Å². The number of nitrogens with two attached hydrogens (primary N) is 1. The van der Waals surface area contributed by atoms with Gasteiger partial charge in [0.05, 0.1) is 11.3 Å². The van der Waals surface area contributed by atoms with Crippen LogP contribution in [0.4, 0.5) is 5.69 Å². The molecule has 0 saturated carbocycles. The Balaban J connectivity index is 2.53. The topological polar surface area (TPSA) is 89.3 Å². The number of hydrogen-bond acceptors (Lipinski definition) is 4. The molecule has 5 nitrogen and oxygen atoms in total. The predicted octanol–water partition coefficient (Wildman–Crippen LogP) is 1.09. The number of halogens is 1. The lowest BCUT2D eigenvalue weighted by atomic mass is 10.1. The molecule has 0 fully saturated rings. The summed E-state index contributed by atoms with van der Waals surface area (Å²) in [5.74, 6) is -0.318. The summed E-state index contributed by atoms with van der Waals surface area (Å²) < 4.78 is 21.8. The number of sulfone groups is 1. The van der Waals surface area contributed by atoms with Crippen LogP contribution < -0.4 is 11.1 Å². The van der Waals surface area contributed by atoms with Gasteiger partial charge in [-0.05, 0) is 24.6 Å². The van der Waals surface area contributed by atoms with Crippen LogP contribution in [-0.4, -0.2) is 32.9 Å². The Labute approximate surface area is 111 Å². The first kappa shape index (κ1) is 14.8. The second-order valence-corrected chi connectivity index (χ2v) is 6.67. The van der Waals surface area contributed by atoms with Crippen molar-refractivity contribution in [3.05, 3.63) is 28.8 Å². The van der Waals surface area contributed by atoms with E-state index in [1.165, 1.54) is 6.07 Å². The Hall–Kier alpha value is -1.27. The predicted molar refractivity (Wildman–Crippen MR) is 72.5 cm³/mol. The summed E-state index contributed by atoms with van der Waals surface area (Å²) >= 11 is 5.77. The third kappa shape index (κ3) is 4.93. The number of nitrogens with one attached hydrogen (secondary N) is 1. The first-order valence-electron chi connectivity index (χ1n) is 5.30. The van der Waals surface area contributed by atoms with E-state index in [-0.39, 0.29) is 18.2 Å². The van der Waals surface area contributed by atoms with Crippen LogP contribution in [0.2, 0.25) is 5.02 Å². The molecule has 1 aromatic rings. The molecule has 0 unspecified atom stereocenters. The maximum absolute atomic E-state index is 11.7. The Kier molecular flexibility index (Phi) is 4.98. The summed E-state index contributed by atoms with van der Waals surface area (Å²) in [6.07, 6.45) is 1.52. The zero-order valence-corrected chi connectivity index (χ0v) is 11.5. The van der Waals surface area contributed by atoms with Crippen molar-refractivity contribution >= 4 is 33.0 Å². The molecule has 18 heavy (non-hydrogen) atoms. The molecular formula is C11H15ClN2O3S. The van der Waals surface area contributed by atoms with Crippen molar-refractivity contribution in [3.63, 3.8) is 0 Å².